The smallest absolute Gasteiger partial charge is 0.152 e. The van der Waals surface area contributed by atoms with Crippen LogP contribution in [0, 0.1) is 5.82 Å². The van der Waals surface area contributed by atoms with E-state index in [1.807, 2.05) is 13.0 Å². The van der Waals surface area contributed by atoms with Crippen molar-refractivity contribution in [3.63, 3.8) is 0 Å². The predicted molar refractivity (Wildman–Crippen MR) is 72.6 cm³/mol. The van der Waals surface area contributed by atoms with Crippen molar-refractivity contribution in [1.82, 2.24) is 5.32 Å². The molecule has 1 saturated heterocycles. The van der Waals surface area contributed by atoms with E-state index in [4.69, 9.17) is 0 Å². The quantitative estimate of drug-likeness (QED) is 0.921. The summed E-state index contributed by atoms with van der Waals surface area (Å²) in [5.74, 6) is 0.0619. The highest BCUT2D eigenvalue weighted by Gasteiger charge is 2.37. The van der Waals surface area contributed by atoms with Crippen LogP contribution in [0.4, 0.5) is 4.39 Å². The zero-order chi connectivity index (χ0) is 13.4. The van der Waals surface area contributed by atoms with Gasteiger partial charge in [0.1, 0.15) is 5.82 Å². The maximum atomic E-state index is 13.3. The van der Waals surface area contributed by atoms with E-state index in [-0.39, 0.29) is 17.3 Å². The lowest BCUT2D eigenvalue weighted by atomic mass is 10.0. The van der Waals surface area contributed by atoms with Gasteiger partial charge in [0.2, 0.25) is 0 Å². The Bertz CT molecular complexity index is 561. The first-order valence-electron chi connectivity index (χ1n) is 5.70. The van der Waals surface area contributed by atoms with Crippen LogP contribution in [-0.2, 0) is 16.4 Å². The zero-order valence-corrected chi connectivity index (χ0v) is 12.4. The summed E-state index contributed by atoms with van der Waals surface area (Å²) in [5.41, 5.74) is 0.380. The molecular formula is C12H15BrFNO2S. The molecule has 1 unspecified atom stereocenters. The van der Waals surface area contributed by atoms with Gasteiger partial charge in [0.25, 0.3) is 0 Å². The molecule has 1 N–H and O–H groups in total. The summed E-state index contributed by atoms with van der Waals surface area (Å²) < 4.78 is 36.7. The van der Waals surface area contributed by atoms with Crippen LogP contribution in [0.15, 0.2) is 22.7 Å². The number of benzene rings is 1. The first-order chi connectivity index (χ1) is 8.31. The molecule has 18 heavy (non-hydrogen) atoms. The minimum Gasteiger partial charge on any atom is -0.306 e. The van der Waals surface area contributed by atoms with Crippen LogP contribution in [0.3, 0.4) is 0 Å². The van der Waals surface area contributed by atoms with Crippen LogP contribution in [0.2, 0.25) is 0 Å². The molecule has 1 aromatic carbocycles. The maximum Gasteiger partial charge on any atom is 0.152 e. The number of hydrogen-bond acceptors (Lipinski definition) is 3. The molecule has 3 nitrogen and oxygen atoms in total. The van der Waals surface area contributed by atoms with E-state index in [2.05, 4.69) is 21.2 Å². The lowest BCUT2D eigenvalue weighted by molar-refractivity contribution is 0.394. The zero-order valence-electron chi connectivity index (χ0n) is 10.0. The van der Waals surface area contributed by atoms with Gasteiger partial charge < -0.3 is 5.32 Å². The Morgan fingerprint density at radius 3 is 2.83 bits per heavy atom. The third-order valence-electron chi connectivity index (χ3n) is 3.24. The minimum atomic E-state index is -2.92. The van der Waals surface area contributed by atoms with Gasteiger partial charge in [-0.05, 0) is 40.9 Å². The van der Waals surface area contributed by atoms with Crippen molar-refractivity contribution in [2.75, 3.05) is 11.5 Å². The predicted octanol–water partition coefficient (Wildman–Crippen LogP) is 2.25. The van der Waals surface area contributed by atoms with E-state index in [1.165, 1.54) is 6.07 Å². The monoisotopic (exact) mass is 335 g/mol. The van der Waals surface area contributed by atoms with E-state index < -0.39 is 15.4 Å². The minimum absolute atomic E-state index is 0.146. The van der Waals surface area contributed by atoms with Crippen molar-refractivity contribution >= 4 is 25.8 Å². The molecular weight excluding hydrogens is 321 g/mol. The van der Waals surface area contributed by atoms with Crippen molar-refractivity contribution < 1.29 is 12.8 Å². The van der Waals surface area contributed by atoms with E-state index in [0.717, 1.165) is 5.56 Å². The molecule has 0 saturated carbocycles. The fraction of sp³-hybridized carbons (Fsp3) is 0.500. The number of halogens is 2. The van der Waals surface area contributed by atoms with Crippen molar-refractivity contribution in [2.24, 2.45) is 0 Å². The van der Waals surface area contributed by atoms with Gasteiger partial charge in [-0.25, -0.2) is 12.8 Å². The summed E-state index contributed by atoms with van der Waals surface area (Å²) >= 11 is 3.20. The Morgan fingerprint density at radius 1 is 1.50 bits per heavy atom. The van der Waals surface area contributed by atoms with Gasteiger partial charge in [0.05, 0.1) is 16.0 Å². The highest BCUT2D eigenvalue weighted by Crippen LogP contribution is 2.25. The van der Waals surface area contributed by atoms with Crippen LogP contribution < -0.4 is 5.32 Å². The van der Waals surface area contributed by atoms with Gasteiger partial charge in [-0.1, -0.05) is 12.1 Å². The molecule has 0 aromatic heterocycles. The highest BCUT2D eigenvalue weighted by molar-refractivity contribution is 9.10. The molecule has 0 spiro atoms. The average molecular weight is 336 g/mol. The second-order valence-electron chi connectivity index (χ2n) is 4.97. The van der Waals surface area contributed by atoms with Crippen molar-refractivity contribution in [1.29, 1.82) is 0 Å². The molecule has 0 amide bonds. The average Bonchev–Trinajstić information content (AvgIpc) is 2.56. The highest BCUT2D eigenvalue weighted by atomic mass is 79.9. The van der Waals surface area contributed by atoms with E-state index >= 15 is 0 Å². The number of sulfone groups is 1. The molecule has 1 aliphatic rings. The van der Waals surface area contributed by atoms with Crippen molar-refractivity contribution in [2.45, 2.75) is 25.4 Å². The van der Waals surface area contributed by atoms with Crippen LogP contribution in [0.25, 0.3) is 0 Å². The topological polar surface area (TPSA) is 46.2 Å². The first kappa shape index (κ1) is 14.0. The van der Waals surface area contributed by atoms with Crippen LogP contribution in [0.5, 0.6) is 0 Å². The van der Waals surface area contributed by atoms with Crippen LogP contribution >= 0.6 is 15.9 Å². The fourth-order valence-corrected chi connectivity index (χ4v) is 4.67. The SMILES string of the molecule is CC1(NCc2cccc(F)c2Br)CCS(=O)(=O)C1. The summed E-state index contributed by atoms with van der Waals surface area (Å²) in [6, 6.07) is 4.84. The summed E-state index contributed by atoms with van der Waals surface area (Å²) in [7, 11) is -2.92. The molecule has 0 radical (unpaired) electrons. The van der Waals surface area contributed by atoms with E-state index in [9.17, 15) is 12.8 Å². The van der Waals surface area contributed by atoms with Crippen molar-refractivity contribution in [3.05, 3.63) is 34.1 Å². The summed E-state index contributed by atoms with van der Waals surface area (Å²) in [4.78, 5) is 0. The lowest BCUT2D eigenvalue weighted by Gasteiger charge is -2.24. The van der Waals surface area contributed by atoms with E-state index in [0.29, 0.717) is 17.4 Å². The lowest BCUT2D eigenvalue weighted by Crippen LogP contribution is -2.42. The standard InChI is InChI=1S/C12H15BrFNO2S/c1-12(5-6-18(16,17)8-12)15-7-9-3-2-4-10(14)11(9)13/h2-4,15H,5-8H2,1H3. The van der Waals surface area contributed by atoms with Gasteiger partial charge in [0.15, 0.2) is 9.84 Å². The number of nitrogens with one attached hydrogen (secondary N) is 1. The largest absolute Gasteiger partial charge is 0.306 e. The Labute approximate surface area is 115 Å². The van der Waals surface area contributed by atoms with Crippen molar-refractivity contribution in [3.8, 4) is 0 Å². The molecule has 2 rings (SSSR count). The number of rotatable bonds is 3. The maximum absolute atomic E-state index is 13.3. The Morgan fingerprint density at radius 2 is 2.22 bits per heavy atom. The molecule has 1 heterocycles. The van der Waals surface area contributed by atoms with Crippen LogP contribution in [0.1, 0.15) is 18.9 Å². The molecule has 1 aliphatic heterocycles. The van der Waals surface area contributed by atoms with Gasteiger partial charge in [-0.15, -0.1) is 0 Å². The molecule has 0 aliphatic carbocycles. The van der Waals surface area contributed by atoms with Gasteiger partial charge in [0, 0.05) is 12.1 Å². The second-order valence-corrected chi connectivity index (χ2v) is 7.95. The summed E-state index contributed by atoms with van der Waals surface area (Å²) in [6.45, 7) is 2.34. The Balaban J connectivity index is 2.06. The third kappa shape index (κ3) is 3.10. The fourth-order valence-electron chi connectivity index (χ4n) is 2.14. The molecule has 0 bridgehead atoms. The van der Waals surface area contributed by atoms with E-state index in [1.54, 1.807) is 6.07 Å². The third-order valence-corrected chi connectivity index (χ3v) is 6.03. The summed E-state index contributed by atoms with van der Waals surface area (Å²) in [6.07, 6.45) is 0.599. The normalized spacial score (nSPS) is 26.4. The molecule has 6 heteroatoms. The Hall–Kier alpha value is -0.460. The van der Waals surface area contributed by atoms with Gasteiger partial charge in [-0.2, -0.15) is 0 Å². The molecule has 1 aromatic rings. The second kappa shape index (κ2) is 4.90. The molecule has 100 valence electrons. The first-order valence-corrected chi connectivity index (χ1v) is 8.31. The molecule has 1 fully saturated rings. The number of hydrogen-bond donors (Lipinski definition) is 1. The van der Waals surface area contributed by atoms with Crippen LogP contribution in [-0.4, -0.2) is 25.5 Å². The Kier molecular flexibility index (Phi) is 3.80. The van der Waals surface area contributed by atoms with Gasteiger partial charge in [-0.3, -0.25) is 0 Å². The summed E-state index contributed by atoms with van der Waals surface area (Å²) in [5, 5.41) is 3.22. The molecule has 1 atom stereocenters. The van der Waals surface area contributed by atoms with Gasteiger partial charge >= 0.3 is 0 Å².